The number of rotatable bonds is 7. The Labute approximate surface area is 156 Å². The van der Waals surface area contributed by atoms with Gasteiger partial charge in [0.05, 0.1) is 20.0 Å². The Hall–Kier alpha value is -2.80. The van der Waals surface area contributed by atoms with Crippen molar-refractivity contribution in [1.29, 1.82) is 0 Å². The van der Waals surface area contributed by atoms with E-state index >= 15 is 0 Å². The number of Topliss-reactive ketones (excluding diaryl/α,β-unsaturated/α-hetero) is 1. The first-order chi connectivity index (χ1) is 12.6. The van der Waals surface area contributed by atoms with Crippen molar-refractivity contribution in [2.45, 2.75) is 5.16 Å². The zero-order chi connectivity index (χ0) is 18.5. The second kappa shape index (κ2) is 8.05. The first-order valence-electron chi connectivity index (χ1n) is 7.96. The van der Waals surface area contributed by atoms with Crippen LogP contribution in [-0.2, 0) is 7.05 Å². The minimum absolute atomic E-state index is 0.0166. The number of thioether (sulfide) groups is 1. The molecular formula is C19H19N3O3S. The average Bonchev–Trinajstić information content (AvgIpc) is 3.06. The Morgan fingerprint density at radius 3 is 2.46 bits per heavy atom. The van der Waals surface area contributed by atoms with Crippen molar-refractivity contribution in [3.05, 3.63) is 54.1 Å². The fourth-order valence-electron chi connectivity index (χ4n) is 2.44. The number of aromatic nitrogens is 3. The van der Waals surface area contributed by atoms with Gasteiger partial charge >= 0.3 is 0 Å². The number of hydrogen-bond donors (Lipinski definition) is 0. The van der Waals surface area contributed by atoms with Crippen molar-refractivity contribution in [2.24, 2.45) is 7.05 Å². The highest BCUT2D eigenvalue weighted by Crippen LogP contribution is 2.25. The van der Waals surface area contributed by atoms with Crippen LogP contribution in [0.5, 0.6) is 11.5 Å². The molecule has 0 aliphatic rings. The summed E-state index contributed by atoms with van der Waals surface area (Å²) in [5.41, 5.74) is 1.56. The Bertz CT molecular complexity index is 907. The maximum Gasteiger partial charge on any atom is 0.191 e. The van der Waals surface area contributed by atoms with Gasteiger partial charge < -0.3 is 14.0 Å². The monoisotopic (exact) mass is 369 g/mol. The second-order valence-electron chi connectivity index (χ2n) is 5.54. The lowest BCUT2D eigenvalue weighted by atomic mass is 10.1. The molecule has 3 rings (SSSR count). The van der Waals surface area contributed by atoms with E-state index in [1.165, 1.54) is 11.8 Å². The molecule has 0 atom stereocenters. The van der Waals surface area contributed by atoms with Gasteiger partial charge in [-0.05, 0) is 36.4 Å². The lowest BCUT2D eigenvalue weighted by molar-refractivity contribution is 0.102. The molecule has 0 bridgehead atoms. The summed E-state index contributed by atoms with van der Waals surface area (Å²) in [5, 5.41) is 9.13. The van der Waals surface area contributed by atoms with Gasteiger partial charge in [0, 0.05) is 18.2 Å². The van der Waals surface area contributed by atoms with Crippen LogP contribution < -0.4 is 9.47 Å². The van der Waals surface area contributed by atoms with Crippen LogP contribution in [0.1, 0.15) is 10.4 Å². The molecule has 26 heavy (non-hydrogen) atoms. The predicted molar refractivity (Wildman–Crippen MR) is 101 cm³/mol. The smallest absolute Gasteiger partial charge is 0.191 e. The summed E-state index contributed by atoms with van der Waals surface area (Å²) in [4.78, 5) is 12.4. The number of ketones is 1. The van der Waals surface area contributed by atoms with Gasteiger partial charge in [-0.1, -0.05) is 23.9 Å². The molecule has 0 fully saturated rings. The number of carbonyl (C=O) groups excluding carboxylic acids is 1. The summed E-state index contributed by atoms with van der Waals surface area (Å²) < 4.78 is 12.2. The summed E-state index contributed by atoms with van der Waals surface area (Å²) >= 11 is 1.36. The van der Waals surface area contributed by atoms with Crippen LogP contribution >= 0.6 is 11.8 Å². The van der Waals surface area contributed by atoms with E-state index in [1.807, 2.05) is 41.9 Å². The Kier molecular flexibility index (Phi) is 5.58. The van der Waals surface area contributed by atoms with Crippen LogP contribution in [0, 0.1) is 0 Å². The van der Waals surface area contributed by atoms with Crippen molar-refractivity contribution in [3.63, 3.8) is 0 Å². The number of ether oxygens (including phenoxy) is 2. The summed E-state index contributed by atoms with van der Waals surface area (Å²) in [6.45, 7) is 0. The van der Waals surface area contributed by atoms with Gasteiger partial charge in [-0.25, -0.2) is 0 Å². The maximum absolute atomic E-state index is 12.4. The fraction of sp³-hybridized carbons (Fsp3) is 0.211. The van der Waals surface area contributed by atoms with E-state index in [2.05, 4.69) is 10.2 Å². The maximum atomic E-state index is 12.4. The molecule has 0 saturated carbocycles. The van der Waals surface area contributed by atoms with Crippen LogP contribution in [0.25, 0.3) is 11.4 Å². The van der Waals surface area contributed by atoms with Crippen molar-refractivity contribution in [2.75, 3.05) is 20.0 Å². The van der Waals surface area contributed by atoms with Crippen LogP contribution in [0.2, 0.25) is 0 Å². The van der Waals surface area contributed by atoms with Crippen LogP contribution in [0.15, 0.2) is 53.7 Å². The van der Waals surface area contributed by atoms with Gasteiger partial charge in [-0.2, -0.15) is 0 Å². The highest BCUT2D eigenvalue weighted by Gasteiger charge is 2.14. The molecule has 0 aliphatic heterocycles. The third-order valence-electron chi connectivity index (χ3n) is 3.91. The van der Waals surface area contributed by atoms with E-state index in [9.17, 15) is 4.79 Å². The SMILES string of the molecule is COc1ccc(-c2nnc(SCC(=O)c3cccc(OC)c3)n2C)cc1. The standard InChI is InChI=1S/C19H19N3O3S/c1-22-18(13-7-9-15(24-2)10-8-13)20-21-19(22)26-12-17(23)14-5-4-6-16(11-14)25-3/h4-11H,12H2,1-3H3. The fourth-order valence-corrected chi connectivity index (χ4v) is 3.25. The minimum Gasteiger partial charge on any atom is -0.497 e. The molecule has 0 spiro atoms. The number of methoxy groups -OCH3 is 2. The summed E-state index contributed by atoms with van der Waals surface area (Å²) in [6, 6.07) is 14.8. The third-order valence-corrected chi connectivity index (χ3v) is 4.93. The van der Waals surface area contributed by atoms with E-state index in [0.29, 0.717) is 16.5 Å². The van der Waals surface area contributed by atoms with Crippen LogP contribution in [-0.4, -0.2) is 40.5 Å². The minimum atomic E-state index is 0.0166. The van der Waals surface area contributed by atoms with Crippen molar-refractivity contribution < 1.29 is 14.3 Å². The molecule has 1 heterocycles. The zero-order valence-corrected chi connectivity index (χ0v) is 15.6. The lowest BCUT2D eigenvalue weighted by Crippen LogP contribution is -2.04. The molecular weight excluding hydrogens is 350 g/mol. The average molecular weight is 369 g/mol. The molecule has 2 aromatic carbocycles. The highest BCUT2D eigenvalue weighted by atomic mass is 32.2. The first-order valence-corrected chi connectivity index (χ1v) is 8.95. The predicted octanol–water partition coefficient (Wildman–Crippen LogP) is 3.47. The lowest BCUT2D eigenvalue weighted by Gasteiger charge is -2.05. The van der Waals surface area contributed by atoms with E-state index in [-0.39, 0.29) is 11.5 Å². The van der Waals surface area contributed by atoms with Gasteiger partial charge in [0.1, 0.15) is 11.5 Å². The highest BCUT2D eigenvalue weighted by molar-refractivity contribution is 7.99. The van der Waals surface area contributed by atoms with E-state index in [1.54, 1.807) is 32.4 Å². The van der Waals surface area contributed by atoms with E-state index in [4.69, 9.17) is 9.47 Å². The Balaban J connectivity index is 1.70. The third kappa shape index (κ3) is 3.88. The van der Waals surface area contributed by atoms with Gasteiger partial charge in [0.15, 0.2) is 16.8 Å². The Morgan fingerprint density at radius 2 is 1.77 bits per heavy atom. The number of nitrogens with zero attached hydrogens (tertiary/aromatic N) is 3. The van der Waals surface area contributed by atoms with Crippen molar-refractivity contribution >= 4 is 17.5 Å². The largest absolute Gasteiger partial charge is 0.497 e. The molecule has 7 heteroatoms. The van der Waals surface area contributed by atoms with Crippen molar-refractivity contribution in [3.8, 4) is 22.9 Å². The molecule has 0 amide bonds. The first kappa shape index (κ1) is 18.0. The summed E-state index contributed by atoms with van der Waals surface area (Å²) in [6.07, 6.45) is 0. The Morgan fingerprint density at radius 1 is 1.04 bits per heavy atom. The van der Waals surface area contributed by atoms with Gasteiger partial charge in [-0.3, -0.25) is 4.79 Å². The zero-order valence-electron chi connectivity index (χ0n) is 14.8. The van der Waals surface area contributed by atoms with Gasteiger partial charge in [0.25, 0.3) is 0 Å². The topological polar surface area (TPSA) is 66.2 Å². The quantitative estimate of drug-likeness (QED) is 0.469. The molecule has 0 aliphatic carbocycles. The number of hydrogen-bond acceptors (Lipinski definition) is 6. The van der Waals surface area contributed by atoms with Gasteiger partial charge in [0.2, 0.25) is 0 Å². The van der Waals surface area contributed by atoms with Crippen molar-refractivity contribution in [1.82, 2.24) is 14.8 Å². The van der Waals surface area contributed by atoms with E-state index < -0.39 is 0 Å². The number of carbonyl (C=O) groups is 1. The van der Waals surface area contributed by atoms with E-state index in [0.717, 1.165) is 17.1 Å². The molecule has 0 unspecified atom stereocenters. The summed E-state index contributed by atoms with van der Waals surface area (Å²) in [7, 11) is 5.10. The molecule has 134 valence electrons. The molecule has 1 aromatic heterocycles. The molecule has 6 nitrogen and oxygen atoms in total. The van der Waals surface area contributed by atoms with Crippen LogP contribution in [0.3, 0.4) is 0 Å². The molecule has 0 saturated heterocycles. The molecule has 3 aromatic rings. The molecule has 0 N–H and O–H groups in total. The molecule has 0 radical (unpaired) electrons. The van der Waals surface area contributed by atoms with Crippen LogP contribution in [0.4, 0.5) is 0 Å². The number of benzene rings is 2. The second-order valence-corrected chi connectivity index (χ2v) is 6.48. The summed E-state index contributed by atoms with van der Waals surface area (Å²) in [5.74, 6) is 2.49. The van der Waals surface area contributed by atoms with Gasteiger partial charge in [-0.15, -0.1) is 10.2 Å². The normalized spacial score (nSPS) is 10.6.